The molecule has 0 fully saturated rings. The van der Waals surface area contributed by atoms with Crippen LogP contribution in [0.15, 0.2) is 63.7 Å². The molecule has 0 atom stereocenters. The van der Waals surface area contributed by atoms with Crippen molar-refractivity contribution in [1.82, 2.24) is 0 Å². The van der Waals surface area contributed by atoms with E-state index in [1.54, 1.807) is 23.6 Å². The number of nitrogens with one attached hydrogen (secondary N) is 1. The van der Waals surface area contributed by atoms with Crippen molar-refractivity contribution in [1.29, 1.82) is 5.26 Å². The zero-order valence-electron chi connectivity index (χ0n) is 13.6. The molecule has 0 aliphatic carbocycles. The van der Waals surface area contributed by atoms with E-state index in [1.165, 1.54) is 41.7 Å². The molecule has 2 heterocycles. The average Bonchev–Trinajstić information content (AvgIpc) is 3.13. The Hall–Kier alpha value is -3.28. The smallest absolute Gasteiger partial charge is 0.256 e. The maximum absolute atomic E-state index is 12.9. The highest BCUT2D eigenvalue weighted by atomic mass is 32.2. The normalized spacial score (nSPS) is 14.0. The van der Waals surface area contributed by atoms with Gasteiger partial charge in [-0.1, -0.05) is 12.1 Å². The number of nitriles is 1. The fraction of sp³-hybridized carbons (Fsp3) is 0. The van der Waals surface area contributed by atoms with Crippen LogP contribution in [0.25, 0.3) is 0 Å². The molecule has 4 rings (SSSR count). The number of carbonyl (C=O) groups is 2. The lowest BCUT2D eigenvalue weighted by atomic mass is 10.0. The Morgan fingerprint density at radius 1 is 1.04 bits per heavy atom. The number of ketones is 1. The minimum Gasteiger partial charge on any atom is -0.312 e. The van der Waals surface area contributed by atoms with Crippen LogP contribution in [0.3, 0.4) is 0 Å². The zero-order chi connectivity index (χ0) is 19.2. The van der Waals surface area contributed by atoms with Gasteiger partial charge in [0.1, 0.15) is 11.1 Å². The fourth-order valence-corrected chi connectivity index (χ4v) is 5.30. The highest BCUT2D eigenvalue weighted by molar-refractivity contribution is 7.91. The van der Waals surface area contributed by atoms with Gasteiger partial charge in [0.15, 0.2) is 5.78 Å². The Morgan fingerprint density at radius 3 is 2.56 bits per heavy atom. The van der Waals surface area contributed by atoms with Crippen LogP contribution in [-0.4, -0.2) is 20.1 Å². The van der Waals surface area contributed by atoms with Crippen molar-refractivity contribution in [2.24, 2.45) is 0 Å². The van der Waals surface area contributed by atoms with Gasteiger partial charge in [-0.2, -0.15) is 5.26 Å². The number of thiophene rings is 1. The van der Waals surface area contributed by atoms with Crippen molar-refractivity contribution in [3.05, 3.63) is 76.2 Å². The zero-order valence-corrected chi connectivity index (χ0v) is 15.2. The first-order valence-corrected chi connectivity index (χ1v) is 10.1. The van der Waals surface area contributed by atoms with Crippen LogP contribution in [0.4, 0.5) is 5.00 Å². The Labute approximate surface area is 158 Å². The number of anilines is 1. The van der Waals surface area contributed by atoms with Gasteiger partial charge in [-0.3, -0.25) is 9.59 Å². The third-order valence-electron chi connectivity index (χ3n) is 4.21. The number of benzene rings is 2. The van der Waals surface area contributed by atoms with Crippen LogP contribution in [0.1, 0.15) is 31.8 Å². The van der Waals surface area contributed by atoms with E-state index < -0.39 is 21.5 Å². The average molecular weight is 394 g/mol. The summed E-state index contributed by atoms with van der Waals surface area (Å²) in [5.41, 5.74) is 0.573. The van der Waals surface area contributed by atoms with Crippen LogP contribution >= 0.6 is 11.3 Å². The van der Waals surface area contributed by atoms with Crippen molar-refractivity contribution >= 4 is 37.9 Å². The Morgan fingerprint density at radius 2 is 1.78 bits per heavy atom. The largest absolute Gasteiger partial charge is 0.312 e. The maximum atomic E-state index is 12.9. The number of carbonyl (C=O) groups excluding carboxylic acids is 2. The lowest BCUT2D eigenvalue weighted by Gasteiger charge is -2.19. The molecule has 2 aromatic carbocycles. The summed E-state index contributed by atoms with van der Waals surface area (Å²) in [6, 6.07) is 13.5. The standard InChI is InChI=1S/C19H10N2O4S2/c20-10-12-7-8-26-19(12)21-18(23)11-5-6-14-16(9-11)27(24,25)15-4-2-1-3-13(15)17(14)22/h1-9H,(H,21,23). The van der Waals surface area contributed by atoms with E-state index in [9.17, 15) is 18.0 Å². The van der Waals surface area contributed by atoms with Gasteiger partial charge >= 0.3 is 0 Å². The second-order valence-electron chi connectivity index (χ2n) is 5.77. The maximum Gasteiger partial charge on any atom is 0.256 e. The molecular formula is C19H10N2O4S2. The first-order valence-electron chi connectivity index (χ1n) is 7.75. The van der Waals surface area contributed by atoms with Gasteiger partial charge < -0.3 is 5.32 Å². The molecule has 1 aliphatic rings. The summed E-state index contributed by atoms with van der Waals surface area (Å²) in [5.74, 6) is -0.953. The first-order chi connectivity index (χ1) is 12.9. The minimum atomic E-state index is -3.92. The summed E-state index contributed by atoms with van der Waals surface area (Å²) in [5, 5.41) is 13.7. The summed E-state index contributed by atoms with van der Waals surface area (Å²) in [6.07, 6.45) is 0. The molecular weight excluding hydrogens is 384 g/mol. The first kappa shape index (κ1) is 17.1. The van der Waals surface area contributed by atoms with Crippen LogP contribution in [-0.2, 0) is 9.84 Å². The third-order valence-corrected chi connectivity index (χ3v) is 6.89. The van der Waals surface area contributed by atoms with Gasteiger partial charge in [0.05, 0.1) is 15.4 Å². The number of rotatable bonds is 2. The number of sulfone groups is 1. The lowest BCUT2D eigenvalue weighted by molar-refractivity contribution is 0.101. The van der Waals surface area contributed by atoms with E-state index in [0.29, 0.717) is 10.6 Å². The molecule has 3 aromatic rings. The van der Waals surface area contributed by atoms with E-state index in [0.717, 1.165) is 0 Å². The van der Waals surface area contributed by atoms with Crippen molar-refractivity contribution < 1.29 is 18.0 Å². The molecule has 8 heteroatoms. The van der Waals surface area contributed by atoms with E-state index in [4.69, 9.17) is 5.26 Å². The molecule has 0 radical (unpaired) electrons. The predicted molar refractivity (Wildman–Crippen MR) is 98.8 cm³/mol. The van der Waals surface area contributed by atoms with Crippen molar-refractivity contribution in [2.75, 3.05) is 5.32 Å². The predicted octanol–water partition coefficient (Wildman–Crippen LogP) is 3.25. The van der Waals surface area contributed by atoms with Gasteiger partial charge in [0.2, 0.25) is 9.84 Å². The van der Waals surface area contributed by atoms with Crippen LogP contribution in [0.5, 0.6) is 0 Å². The Kier molecular flexibility index (Phi) is 3.91. The van der Waals surface area contributed by atoms with E-state index in [2.05, 4.69) is 5.32 Å². The van der Waals surface area contributed by atoms with Crippen molar-refractivity contribution in [2.45, 2.75) is 9.79 Å². The third kappa shape index (κ3) is 2.65. The summed E-state index contributed by atoms with van der Waals surface area (Å²) >= 11 is 1.19. The number of amides is 1. The van der Waals surface area contributed by atoms with E-state index in [1.807, 2.05) is 6.07 Å². The summed E-state index contributed by atoms with van der Waals surface area (Å²) < 4.78 is 25.8. The second kappa shape index (κ2) is 6.16. The van der Waals surface area contributed by atoms with E-state index in [-0.39, 0.29) is 26.5 Å². The van der Waals surface area contributed by atoms with Gasteiger partial charge in [0, 0.05) is 16.7 Å². The van der Waals surface area contributed by atoms with Crippen LogP contribution in [0.2, 0.25) is 0 Å². The molecule has 1 aromatic heterocycles. The van der Waals surface area contributed by atoms with Crippen molar-refractivity contribution in [3.8, 4) is 6.07 Å². The van der Waals surface area contributed by atoms with Crippen molar-refractivity contribution in [3.63, 3.8) is 0 Å². The number of hydrogen-bond acceptors (Lipinski definition) is 6. The molecule has 6 nitrogen and oxygen atoms in total. The number of fused-ring (bicyclic) bond motifs is 2. The topological polar surface area (TPSA) is 104 Å². The highest BCUT2D eigenvalue weighted by Crippen LogP contribution is 2.35. The van der Waals surface area contributed by atoms with Gasteiger partial charge in [0.25, 0.3) is 5.91 Å². The quantitative estimate of drug-likeness (QED) is 0.562. The van der Waals surface area contributed by atoms with Gasteiger partial charge in [-0.25, -0.2) is 8.42 Å². The summed E-state index contributed by atoms with van der Waals surface area (Å²) in [7, 11) is -3.92. The molecule has 0 saturated carbocycles. The molecule has 1 amide bonds. The fourth-order valence-electron chi connectivity index (χ4n) is 2.89. The molecule has 1 N–H and O–H groups in total. The number of nitrogens with zero attached hydrogens (tertiary/aromatic N) is 1. The van der Waals surface area contributed by atoms with Gasteiger partial charge in [-0.15, -0.1) is 11.3 Å². The molecule has 0 saturated heterocycles. The minimum absolute atomic E-state index is 0.0408. The van der Waals surface area contributed by atoms with E-state index >= 15 is 0 Å². The summed E-state index contributed by atoms with van der Waals surface area (Å²) in [4.78, 5) is 24.9. The second-order valence-corrected chi connectivity index (χ2v) is 8.57. The molecule has 132 valence electrons. The molecule has 1 aliphatic heterocycles. The van der Waals surface area contributed by atoms with Crippen LogP contribution in [0, 0.1) is 11.3 Å². The molecule has 0 spiro atoms. The molecule has 0 bridgehead atoms. The SMILES string of the molecule is N#Cc1ccsc1NC(=O)c1ccc2c(c1)S(=O)(=O)c1ccccc1C2=O. The lowest BCUT2D eigenvalue weighted by Crippen LogP contribution is -2.21. The molecule has 0 unspecified atom stereocenters. The Bertz CT molecular complexity index is 1270. The van der Waals surface area contributed by atoms with Crippen LogP contribution < -0.4 is 5.32 Å². The highest BCUT2D eigenvalue weighted by Gasteiger charge is 2.35. The van der Waals surface area contributed by atoms with Gasteiger partial charge in [-0.05, 0) is 41.8 Å². The number of hydrogen-bond donors (Lipinski definition) is 1. The summed E-state index contributed by atoms with van der Waals surface area (Å²) in [6.45, 7) is 0. The molecule has 27 heavy (non-hydrogen) atoms. The Balaban J connectivity index is 1.78. The monoisotopic (exact) mass is 394 g/mol.